The van der Waals surface area contributed by atoms with Gasteiger partial charge in [-0.15, -0.1) is 6.42 Å². The maximum atomic E-state index is 13.0. The van der Waals surface area contributed by atoms with Crippen LogP contribution in [0.25, 0.3) is 0 Å². The number of rotatable bonds is 4. The molecule has 0 bridgehead atoms. The molecule has 0 saturated carbocycles. The number of terminal acetylenes is 1. The smallest absolute Gasteiger partial charge is 0.228 e. The van der Waals surface area contributed by atoms with E-state index >= 15 is 0 Å². The second-order valence-corrected chi connectivity index (χ2v) is 6.05. The highest BCUT2D eigenvalue weighted by Crippen LogP contribution is 2.36. The standard InChI is InChI=1S/C16H27N3O/c1-3-5-16(6-8-17-9-7-16)15(20)19-13-11-18(10-4-2)12-14-19/h2,17H,3,5-14H2,1H3. The average Bonchev–Trinajstić information content (AvgIpc) is 2.49. The Kier molecular flexibility index (Phi) is 5.45. The third-order valence-corrected chi connectivity index (χ3v) is 4.72. The molecular weight excluding hydrogens is 250 g/mol. The topological polar surface area (TPSA) is 35.6 Å². The highest BCUT2D eigenvalue weighted by Gasteiger charge is 2.41. The number of amides is 1. The van der Waals surface area contributed by atoms with Crippen LogP contribution in [0.15, 0.2) is 0 Å². The van der Waals surface area contributed by atoms with Crippen LogP contribution in [0, 0.1) is 17.8 Å². The lowest BCUT2D eigenvalue weighted by Crippen LogP contribution is -2.55. The van der Waals surface area contributed by atoms with Crippen molar-refractivity contribution in [1.82, 2.24) is 15.1 Å². The SMILES string of the molecule is C#CCN1CCN(C(=O)C2(CCC)CCNCC2)CC1. The van der Waals surface area contributed by atoms with Gasteiger partial charge in [-0.25, -0.2) is 0 Å². The zero-order valence-corrected chi connectivity index (χ0v) is 12.7. The first-order chi connectivity index (χ1) is 9.72. The summed E-state index contributed by atoms with van der Waals surface area (Å²) in [5, 5.41) is 3.38. The molecular formula is C16H27N3O. The molecule has 2 heterocycles. The van der Waals surface area contributed by atoms with Crippen LogP contribution in [-0.4, -0.2) is 61.5 Å². The normalized spacial score (nSPS) is 23.3. The summed E-state index contributed by atoms with van der Waals surface area (Å²) in [7, 11) is 0. The Hall–Kier alpha value is -1.05. The zero-order chi connectivity index (χ0) is 14.4. The minimum Gasteiger partial charge on any atom is -0.340 e. The van der Waals surface area contributed by atoms with Crippen LogP contribution < -0.4 is 5.32 Å². The van der Waals surface area contributed by atoms with Crippen molar-refractivity contribution in [3.63, 3.8) is 0 Å². The van der Waals surface area contributed by atoms with E-state index in [1.165, 1.54) is 0 Å². The van der Waals surface area contributed by atoms with Gasteiger partial charge in [-0.1, -0.05) is 19.3 Å². The van der Waals surface area contributed by atoms with Gasteiger partial charge in [-0.3, -0.25) is 9.69 Å². The van der Waals surface area contributed by atoms with E-state index in [1.807, 2.05) is 0 Å². The largest absolute Gasteiger partial charge is 0.340 e. The van der Waals surface area contributed by atoms with E-state index in [4.69, 9.17) is 6.42 Å². The lowest BCUT2D eigenvalue weighted by molar-refractivity contribution is -0.146. The van der Waals surface area contributed by atoms with Crippen molar-refractivity contribution >= 4 is 5.91 Å². The van der Waals surface area contributed by atoms with Crippen molar-refractivity contribution in [2.24, 2.45) is 5.41 Å². The average molecular weight is 277 g/mol. The Morgan fingerprint density at radius 1 is 1.25 bits per heavy atom. The Balaban J connectivity index is 1.97. The molecule has 112 valence electrons. The molecule has 4 nitrogen and oxygen atoms in total. The molecule has 4 heteroatoms. The van der Waals surface area contributed by atoms with Crippen molar-refractivity contribution in [1.29, 1.82) is 0 Å². The van der Waals surface area contributed by atoms with Gasteiger partial charge >= 0.3 is 0 Å². The van der Waals surface area contributed by atoms with Crippen LogP contribution in [0.5, 0.6) is 0 Å². The molecule has 0 spiro atoms. The lowest BCUT2D eigenvalue weighted by atomic mass is 9.74. The van der Waals surface area contributed by atoms with E-state index in [1.54, 1.807) is 0 Å². The molecule has 0 aromatic heterocycles. The number of nitrogens with zero attached hydrogens (tertiary/aromatic N) is 2. The Labute approximate surface area is 122 Å². The lowest BCUT2D eigenvalue weighted by Gasteiger charge is -2.43. The van der Waals surface area contributed by atoms with E-state index in [0.717, 1.165) is 65.0 Å². The third-order valence-electron chi connectivity index (χ3n) is 4.72. The van der Waals surface area contributed by atoms with E-state index < -0.39 is 0 Å². The van der Waals surface area contributed by atoms with Crippen molar-refractivity contribution < 1.29 is 4.79 Å². The molecule has 2 saturated heterocycles. The highest BCUT2D eigenvalue weighted by atomic mass is 16.2. The van der Waals surface area contributed by atoms with Gasteiger partial charge in [0, 0.05) is 26.2 Å². The summed E-state index contributed by atoms with van der Waals surface area (Å²) in [5.74, 6) is 3.08. The predicted molar refractivity (Wildman–Crippen MR) is 81.3 cm³/mol. The number of carbonyl (C=O) groups is 1. The summed E-state index contributed by atoms with van der Waals surface area (Å²) in [6, 6.07) is 0. The molecule has 2 aliphatic heterocycles. The first-order valence-corrected chi connectivity index (χ1v) is 7.88. The predicted octanol–water partition coefficient (Wildman–Crippen LogP) is 0.934. The second kappa shape index (κ2) is 7.10. The first-order valence-electron chi connectivity index (χ1n) is 7.88. The summed E-state index contributed by atoms with van der Waals surface area (Å²) in [6.07, 6.45) is 9.44. The fourth-order valence-electron chi connectivity index (χ4n) is 3.53. The summed E-state index contributed by atoms with van der Waals surface area (Å²) in [6.45, 7) is 8.32. The van der Waals surface area contributed by atoms with Gasteiger partial charge in [-0.05, 0) is 32.4 Å². The number of hydrogen-bond acceptors (Lipinski definition) is 3. The van der Waals surface area contributed by atoms with Crippen LogP contribution in [0.3, 0.4) is 0 Å². The molecule has 2 fully saturated rings. The fraction of sp³-hybridized carbons (Fsp3) is 0.812. The molecule has 0 atom stereocenters. The van der Waals surface area contributed by atoms with Gasteiger partial charge in [0.25, 0.3) is 0 Å². The molecule has 0 aromatic carbocycles. The molecule has 0 aromatic rings. The maximum absolute atomic E-state index is 13.0. The fourth-order valence-corrected chi connectivity index (χ4v) is 3.53. The molecule has 20 heavy (non-hydrogen) atoms. The summed E-state index contributed by atoms with van der Waals surface area (Å²) in [5.41, 5.74) is -0.103. The van der Waals surface area contributed by atoms with Crippen LogP contribution in [-0.2, 0) is 4.79 Å². The molecule has 1 N–H and O–H groups in total. The van der Waals surface area contributed by atoms with Gasteiger partial charge < -0.3 is 10.2 Å². The van der Waals surface area contributed by atoms with Gasteiger partial charge in [0.2, 0.25) is 5.91 Å². The van der Waals surface area contributed by atoms with Crippen LogP contribution >= 0.6 is 0 Å². The number of piperidine rings is 1. The van der Waals surface area contributed by atoms with E-state index in [-0.39, 0.29) is 5.41 Å². The van der Waals surface area contributed by atoms with E-state index in [0.29, 0.717) is 12.5 Å². The van der Waals surface area contributed by atoms with E-state index in [2.05, 4.69) is 28.0 Å². The molecule has 2 aliphatic rings. The highest BCUT2D eigenvalue weighted by molar-refractivity contribution is 5.83. The third kappa shape index (κ3) is 3.34. The van der Waals surface area contributed by atoms with Crippen molar-refractivity contribution in [2.75, 3.05) is 45.8 Å². The molecule has 0 unspecified atom stereocenters. The molecule has 2 rings (SSSR count). The van der Waals surface area contributed by atoms with Crippen molar-refractivity contribution in [3.8, 4) is 12.3 Å². The number of hydrogen-bond donors (Lipinski definition) is 1. The molecule has 1 amide bonds. The second-order valence-electron chi connectivity index (χ2n) is 6.05. The Bertz CT molecular complexity index is 355. The minimum atomic E-state index is -0.103. The van der Waals surface area contributed by atoms with Crippen molar-refractivity contribution in [3.05, 3.63) is 0 Å². The Morgan fingerprint density at radius 2 is 1.90 bits per heavy atom. The summed E-state index contributed by atoms with van der Waals surface area (Å²) < 4.78 is 0. The number of nitrogens with one attached hydrogen (secondary N) is 1. The van der Waals surface area contributed by atoms with Crippen molar-refractivity contribution in [2.45, 2.75) is 32.6 Å². The van der Waals surface area contributed by atoms with Gasteiger partial charge in [0.15, 0.2) is 0 Å². The van der Waals surface area contributed by atoms with Crippen LogP contribution in [0.1, 0.15) is 32.6 Å². The van der Waals surface area contributed by atoms with Crippen LogP contribution in [0.2, 0.25) is 0 Å². The Morgan fingerprint density at radius 3 is 2.45 bits per heavy atom. The van der Waals surface area contributed by atoms with Gasteiger partial charge in [0.1, 0.15) is 0 Å². The van der Waals surface area contributed by atoms with Crippen LogP contribution in [0.4, 0.5) is 0 Å². The first kappa shape index (κ1) is 15.3. The van der Waals surface area contributed by atoms with Gasteiger partial charge in [0.05, 0.1) is 12.0 Å². The van der Waals surface area contributed by atoms with E-state index in [9.17, 15) is 4.79 Å². The quantitative estimate of drug-likeness (QED) is 0.777. The minimum absolute atomic E-state index is 0.103. The molecule has 0 aliphatic carbocycles. The molecule has 0 radical (unpaired) electrons. The zero-order valence-electron chi connectivity index (χ0n) is 12.7. The number of piperazine rings is 1. The van der Waals surface area contributed by atoms with Gasteiger partial charge in [-0.2, -0.15) is 0 Å². The summed E-state index contributed by atoms with van der Waals surface area (Å²) in [4.78, 5) is 17.3. The maximum Gasteiger partial charge on any atom is 0.228 e. The summed E-state index contributed by atoms with van der Waals surface area (Å²) >= 11 is 0. The monoisotopic (exact) mass is 277 g/mol. The number of carbonyl (C=O) groups excluding carboxylic acids is 1.